The zero-order valence-corrected chi connectivity index (χ0v) is 9.81. The number of likely N-dealkylation sites (tertiary alicyclic amines) is 1. The number of amides is 1. The molecule has 0 spiro atoms. The van der Waals surface area contributed by atoms with Gasteiger partial charge in [-0.15, -0.1) is 0 Å². The summed E-state index contributed by atoms with van der Waals surface area (Å²) < 4.78 is 4.97. The van der Waals surface area contributed by atoms with Crippen molar-refractivity contribution in [1.82, 2.24) is 4.90 Å². The Bertz CT molecular complexity index is 267. The van der Waals surface area contributed by atoms with Gasteiger partial charge in [-0.3, -0.25) is 9.59 Å². The van der Waals surface area contributed by atoms with Gasteiger partial charge in [-0.25, -0.2) is 0 Å². The molecule has 0 aromatic rings. The van der Waals surface area contributed by atoms with Crippen molar-refractivity contribution in [3.8, 4) is 0 Å². The summed E-state index contributed by atoms with van der Waals surface area (Å²) in [7, 11) is 1.50. The summed E-state index contributed by atoms with van der Waals surface area (Å²) in [6, 6.07) is 0. The lowest BCUT2D eigenvalue weighted by atomic mass is 9.94. The SMILES string of the molecule is COC(C)C(=O)N1CCCC(CC(=O)O)C1. The summed E-state index contributed by atoms with van der Waals surface area (Å²) in [5.41, 5.74) is 0. The predicted octanol–water partition coefficient (Wildman–Crippen LogP) is 0.735. The molecule has 5 heteroatoms. The number of carboxylic acid groups (broad SMARTS) is 1. The van der Waals surface area contributed by atoms with Crippen molar-refractivity contribution in [1.29, 1.82) is 0 Å². The second-order valence-corrected chi connectivity index (χ2v) is 4.27. The minimum atomic E-state index is -0.793. The van der Waals surface area contributed by atoms with Crippen LogP contribution in [0.25, 0.3) is 0 Å². The number of carboxylic acids is 1. The summed E-state index contributed by atoms with van der Waals surface area (Å²) >= 11 is 0. The van der Waals surface area contributed by atoms with Gasteiger partial charge in [0.2, 0.25) is 0 Å². The Morgan fingerprint density at radius 3 is 2.81 bits per heavy atom. The molecule has 0 aromatic heterocycles. The van der Waals surface area contributed by atoms with E-state index in [-0.39, 0.29) is 18.2 Å². The summed E-state index contributed by atoms with van der Waals surface area (Å²) in [4.78, 5) is 24.1. The maximum absolute atomic E-state index is 11.8. The number of carbonyl (C=O) groups is 2. The van der Waals surface area contributed by atoms with E-state index in [0.717, 1.165) is 12.8 Å². The molecular formula is C11H19NO4. The van der Waals surface area contributed by atoms with Gasteiger partial charge in [0.25, 0.3) is 5.91 Å². The predicted molar refractivity (Wildman–Crippen MR) is 58.0 cm³/mol. The molecule has 1 aliphatic heterocycles. The maximum Gasteiger partial charge on any atom is 0.303 e. The van der Waals surface area contributed by atoms with Gasteiger partial charge in [-0.05, 0) is 25.7 Å². The standard InChI is InChI=1S/C11H19NO4/c1-8(16-2)11(15)12-5-3-4-9(7-12)6-10(13)14/h8-9H,3-7H2,1-2H3,(H,13,14). The van der Waals surface area contributed by atoms with E-state index in [0.29, 0.717) is 13.1 Å². The van der Waals surface area contributed by atoms with Crippen molar-refractivity contribution in [2.75, 3.05) is 20.2 Å². The number of rotatable bonds is 4. The molecule has 16 heavy (non-hydrogen) atoms. The number of piperidine rings is 1. The van der Waals surface area contributed by atoms with Crippen LogP contribution in [0.15, 0.2) is 0 Å². The number of methoxy groups -OCH3 is 1. The molecular weight excluding hydrogens is 210 g/mol. The van der Waals surface area contributed by atoms with Gasteiger partial charge in [-0.2, -0.15) is 0 Å². The number of hydrogen-bond donors (Lipinski definition) is 1. The van der Waals surface area contributed by atoms with Gasteiger partial charge in [0, 0.05) is 26.6 Å². The summed E-state index contributed by atoms with van der Waals surface area (Å²) in [5, 5.41) is 8.72. The Morgan fingerprint density at radius 1 is 1.56 bits per heavy atom. The smallest absolute Gasteiger partial charge is 0.303 e. The molecule has 1 heterocycles. The molecule has 1 N–H and O–H groups in total. The summed E-state index contributed by atoms with van der Waals surface area (Å²) in [6.45, 7) is 2.96. The van der Waals surface area contributed by atoms with E-state index in [1.165, 1.54) is 7.11 Å². The zero-order chi connectivity index (χ0) is 12.1. The molecule has 5 nitrogen and oxygen atoms in total. The van der Waals surface area contributed by atoms with Gasteiger partial charge in [0.15, 0.2) is 0 Å². The third kappa shape index (κ3) is 3.48. The number of hydrogen-bond acceptors (Lipinski definition) is 3. The lowest BCUT2D eigenvalue weighted by molar-refractivity contribution is -0.145. The number of nitrogens with zero attached hydrogens (tertiary/aromatic N) is 1. The molecule has 1 fully saturated rings. The lowest BCUT2D eigenvalue weighted by Crippen LogP contribution is -2.45. The van der Waals surface area contributed by atoms with Crippen molar-refractivity contribution in [3.63, 3.8) is 0 Å². The fourth-order valence-electron chi connectivity index (χ4n) is 2.04. The topological polar surface area (TPSA) is 66.8 Å². The Kier molecular flexibility index (Phi) is 4.73. The highest BCUT2D eigenvalue weighted by molar-refractivity contribution is 5.80. The Hall–Kier alpha value is -1.10. The van der Waals surface area contributed by atoms with Crippen LogP contribution in [0.1, 0.15) is 26.2 Å². The third-order valence-electron chi connectivity index (χ3n) is 3.00. The van der Waals surface area contributed by atoms with Crippen molar-refractivity contribution in [3.05, 3.63) is 0 Å². The Labute approximate surface area is 95.4 Å². The van der Waals surface area contributed by atoms with Crippen LogP contribution >= 0.6 is 0 Å². The van der Waals surface area contributed by atoms with Crippen LogP contribution in [0.2, 0.25) is 0 Å². The molecule has 0 bridgehead atoms. The van der Waals surface area contributed by atoms with Crippen LogP contribution in [-0.2, 0) is 14.3 Å². The molecule has 1 amide bonds. The first kappa shape index (κ1) is 13.0. The first-order valence-electron chi connectivity index (χ1n) is 5.58. The summed E-state index contributed by atoms with van der Waals surface area (Å²) in [6.07, 6.45) is 1.46. The van der Waals surface area contributed by atoms with Crippen LogP contribution in [0, 0.1) is 5.92 Å². The number of carbonyl (C=O) groups excluding carboxylic acids is 1. The minimum absolute atomic E-state index is 0.0439. The second-order valence-electron chi connectivity index (χ2n) is 4.27. The van der Waals surface area contributed by atoms with Crippen molar-refractivity contribution in [2.45, 2.75) is 32.3 Å². The average molecular weight is 229 g/mol. The average Bonchev–Trinajstić information content (AvgIpc) is 2.26. The molecule has 1 rings (SSSR count). The third-order valence-corrected chi connectivity index (χ3v) is 3.00. The van der Waals surface area contributed by atoms with E-state index in [1.54, 1.807) is 11.8 Å². The molecule has 92 valence electrons. The maximum atomic E-state index is 11.8. The van der Waals surface area contributed by atoms with Crippen LogP contribution in [-0.4, -0.2) is 48.2 Å². The minimum Gasteiger partial charge on any atom is -0.481 e. The van der Waals surface area contributed by atoms with E-state index in [2.05, 4.69) is 0 Å². The van der Waals surface area contributed by atoms with E-state index in [4.69, 9.17) is 9.84 Å². The second kappa shape index (κ2) is 5.84. The molecule has 0 aliphatic carbocycles. The van der Waals surface area contributed by atoms with E-state index >= 15 is 0 Å². The van der Waals surface area contributed by atoms with Gasteiger partial charge >= 0.3 is 5.97 Å². The van der Waals surface area contributed by atoms with Crippen molar-refractivity contribution >= 4 is 11.9 Å². The first-order chi connectivity index (χ1) is 7.54. The molecule has 0 aromatic carbocycles. The van der Waals surface area contributed by atoms with E-state index in [1.807, 2.05) is 0 Å². The fraction of sp³-hybridized carbons (Fsp3) is 0.818. The fourth-order valence-corrected chi connectivity index (χ4v) is 2.04. The number of aliphatic carboxylic acids is 1. The molecule has 0 radical (unpaired) electrons. The van der Waals surface area contributed by atoms with Crippen LogP contribution in [0.5, 0.6) is 0 Å². The van der Waals surface area contributed by atoms with Gasteiger partial charge in [0.1, 0.15) is 6.10 Å². The normalized spacial score (nSPS) is 22.9. The molecule has 2 atom stereocenters. The van der Waals surface area contributed by atoms with Gasteiger partial charge in [-0.1, -0.05) is 0 Å². The van der Waals surface area contributed by atoms with Gasteiger partial charge in [0.05, 0.1) is 0 Å². The lowest BCUT2D eigenvalue weighted by Gasteiger charge is -2.33. The highest BCUT2D eigenvalue weighted by Gasteiger charge is 2.27. The quantitative estimate of drug-likeness (QED) is 0.772. The largest absolute Gasteiger partial charge is 0.481 e. The monoisotopic (exact) mass is 229 g/mol. The molecule has 1 saturated heterocycles. The highest BCUT2D eigenvalue weighted by atomic mass is 16.5. The van der Waals surface area contributed by atoms with Crippen molar-refractivity contribution in [2.24, 2.45) is 5.92 Å². The summed E-state index contributed by atoms with van der Waals surface area (Å²) in [5.74, 6) is -0.754. The van der Waals surface area contributed by atoms with Gasteiger partial charge < -0.3 is 14.7 Å². The first-order valence-corrected chi connectivity index (χ1v) is 5.58. The van der Waals surface area contributed by atoms with Crippen molar-refractivity contribution < 1.29 is 19.4 Å². The van der Waals surface area contributed by atoms with Crippen LogP contribution in [0.3, 0.4) is 0 Å². The number of ether oxygens (including phenoxy) is 1. The van der Waals surface area contributed by atoms with E-state index in [9.17, 15) is 9.59 Å². The van der Waals surface area contributed by atoms with Crippen LogP contribution in [0.4, 0.5) is 0 Å². The Balaban J connectivity index is 2.49. The molecule has 0 saturated carbocycles. The Morgan fingerprint density at radius 2 is 2.25 bits per heavy atom. The molecule has 2 unspecified atom stereocenters. The zero-order valence-electron chi connectivity index (χ0n) is 9.81. The molecule has 1 aliphatic rings. The van der Waals surface area contributed by atoms with E-state index < -0.39 is 12.1 Å². The highest BCUT2D eigenvalue weighted by Crippen LogP contribution is 2.20. The van der Waals surface area contributed by atoms with Crippen LogP contribution < -0.4 is 0 Å².